The summed E-state index contributed by atoms with van der Waals surface area (Å²) in [7, 11) is -1.93. The maximum atomic E-state index is 11.7. The average molecular weight is 461 g/mol. The lowest BCUT2D eigenvalue weighted by Gasteiger charge is -2.27. The Bertz CT molecular complexity index is 1150. The van der Waals surface area contributed by atoms with Crippen molar-refractivity contribution < 1.29 is 13.2 Å². The van der Waals surface area contributed by atoms with Crippen molar-refractivity contribution in [2.45, 2.75) is 12.1 Å². The zero-order valence-electron chi connectivity index (χ0n) is 16.3. The number of ether oxygens (including phenoxy) is 1. The fourth-order valence-corrected chi connectivity index (χ4v) is 5.26. The predicted octanol–water partition coefficient (Wildman–Crippen LogP) is 3.70. The fraction of sp³-hybridized carbons (Fsp3) is 0.200. The van der Waals surface area contributed by atoms with E-state index in [9.17, 15) is 8.42 Å². The number of nitrogens with zero attached hydrogens (tertiary/aromatic N) is 2. The number of nitrogens with one attached hydrogen (secondary N) is 2. The highest BCUT2D eigenvalue weighted by Crippen LogP contribution is 2.44. The minimum atomic E-state index is -3.43. The molecule has 1 aliphatic rings. The lowest BCUT2D eigenvalue weighted by Crippen LogP contribution is -2.29. The van der Waals surface area contributed by atoms with Crippen LogP contribution < -0.4 is 19.7 Å². The summed E-state index contributed by atoms with van der Waals surface area (Å²) < 4.78 is 31.2. The van der Waals surface area contributed by atoms with Gasteiger partial charge in [0.1, 0.15) is 5.75 Å². The van der Waals surface area contributed by atoms with Gasteiger partial charge in [-0.3, -0.25) is 9.71 Å². The summed E-state index contributed by atoms with van der Waals surface area (Å²) in [6.45, 7) is 0. The molecule has 2 atom stereocenters. The third-order valence-corrected chi connectivity index (χ3v) is 6.54. The number of methoxy groups -OCH3 is 1. The van der Waals surface area contributed by atoms with Gasteiger partial charge in [0, 0.05) is 22.8 Å². The first-order chi connectivity index (χ1) is 14.4. The molecule has 0 aliphatic carbocycles. The molecule has 0 bridgehead atoms. The van der Waals surface area contributed by atoms with E-state index in [4.69, 9.17) is 17.0 Å². The van der Waals surface area contributed by atoms with Gasteiger partial charge in [-0.1, -0.05) is 12.1 Å². The van der Waals surface area contributed by atoms with E-state index in [0.717, 1.165) is 22.5 Å². The summed E-state index contributed by atoms with van der Waals surface area (Å²) in [4.78, 5) is 7.68. The molecule has 3 aromatic rings. The van der Waals surface area contributed by atoms with E-state index in [2.05, 4.69) is 21.1 Å². The molecule has 1 saturated heterocycles. The van der Waals surface area contributed by atoms with Crippen molar-refractivity contribution in [2.24, 2.45) is 0 Å². The maximum absolute atomic E-state index is 11.7. The van der Waals surface area contributed by atoms with E-state index in [1.165, 1.54) is 7.11 Å². The van der Waals surface area contributed by atoms with Crippen molar-refractivity contribution in [3.05, 3.63) is 70.7 Å². The topological polar surface area (TPSA) is 83.6 Å². The molecule has 7 nitrogen and oxygen atoms in total. The van der Waals surface area contributed by atoms with Crippen LogP contribution in [0.15, 0.2) is 60.1 Å². The van der Waals surface area contributed by atoms with Gasteiger partial charge in [-0.05, 0) is 47.9 Å². The van der Waals surface area contributed by atoms with Crippen molar-refractivity contribution in [1.82, 2.24) is 10.3 Å². The summed E-state index contributed by atoms with van der Waals surface area (Å²) >= 11 is 7.34. The van der Waals surface area contributed by atoms with Crippen molar-refractivity contribution in [2.75, 3.05) is 23.0 Å². The van der Waals surface area contributed by atoms with Crippen molar-refractivity contribution in [3.8, 4) is 5.75 Å². The lowest BCUT2D eigenvalue weighted by atomic mass is 10.0. The molecular formula is C20H20N4O3S3. The van der Waals surface area contributed by atoms with Crippen LogP contribution in [0.3, 0.4) is 0 Å². The Kier molecular flexibility index (Phi) is 5.63. The Labute approximate surface area is 184 Å². The number of aromatic nitrogens is 1. The van der Waals surface area contributed by atoms with Gasteiger partial charge in [0.2, 0.25) is 10.0 Å². The zero-order valence-corrected chi connectivity index (χ0v) is 18.7. The van der Waals surface area contributed by atoms with Gasteiger partial charge >= 0.3 is 0 Å². The third-order valence-electron chi connectivity index (χ3n) is 4.69. The van der Waals surface area contributed by atoms with Gasteiger partial charge in [0.25, 0.3) is 0 Å². The molecule has 2 N–H and O–H groups in total. The molecule has 0 radical (unpaired) electrons. The molecule has 0 unspecified atom stereocenters. The maximum Gasteiger partial charge on any atom is 0.229 e. The molecule has 10 heteroatoms. The summed E-state index contributed by atoms with van der Waals surface area (Å²) in [6, 6.07) is 14.9. The molecule has 2 aromatic heterocycles. The van der Waals surface area contributed by atoms with E-state index >= 15 is 0 Å². The smallest absolute Gasteiger partial charge is 0.229 e. The number of benzene rings is 1. The molecule has 3 heterocycles. The Balaban J connectivity index is 1.78. The highest BCUT2D eigenvalue weighted by Gasteiger charge is 2.41. The first kappa shape index (κ1) is 20.6. The van der Waals surface area contributed by atoms with Crippen LogP contribution in [0.5, 0.6) is 5.75 Å². The lowest BCUT2D eigenvalue weighted by molar-refractivity contribution is 0.417. The number of anilines is 2. The number of thiocarbonyl (C=S) groups is 1. The molecule has 30 heavy (non-hydrogen) atoms. The van der Waals surface area contributed by atoms with Crippen molar-refractivity contribution in [3.63, 3.8) is 0 Å². The molecule has 1 aromatic carbocycles. The van der Waals surface area contributed by atoms with Gasteiger partial charge in [-0.15, -0.1) is 11.3 Å². The van der Waals surface area contributed by atoms with E-state index < -0.39 is 10.0 Å². The Morgan fingerprint density at radius 3 is 2.70 bits per heavy atom. The highest BCUT2D eigenvalue weighted by atomic mass is 32.2. The molecule has 1 aliphatic heterocycles. The summed E-state index contributed by atoms with van der Waals surface area (Å²) in [5.74, 6) is 0.409. The Morgan fingerprint density at radius 2 is 2.07 bits per heavy atom. The summed E-state index contributed by atoms with van der Waals surface area (Å²) in [6.07, 6.45) is 2.87. The number of rotatable bonds is 6. The first-order valence-electron chi connectivity index (χ1n) is 9.07. The number of pyridine rings is 1. The number of sulfonamides is 1. The van der Waals surface area contributed by atoms with Gasteiger partial charge in [-0.25, -0.2) is 8.42 Å². The Hall–Kier alpha value is -2.69. The molecule has 0 saturated carbocycles. The second-order valence-corrected chi connectivity index (χ2v) is 9.89. The number of thiophene rings is 1. The monoisotopic (exact) mass is 460 g/mol. The van der Waals surface area contributed by atoms with Crippen molar-refractivity contribution in [1.29, 1.82) is 0 Å². The molecule has 1 fully saturated rings. The first-order valence-corrected chi connectivity index (χ1v) is 12.2. The highest BCUT2D eigenvalue weighted by molar-refractivity contribution is 7.92. The predicted molar refractivity (Wildman–Crippen MR) is 124 cm³/mol. The summed E-state index contributed by atoms with van der Waals surface area (Å²) in [5.41, 5.74) is 2.05. The Morgan fingerprint density at radius 1 is 1.23 bits per heavy atom. The number of hydrogen-bond acceptors (Lipinski definition) is 6. The van der Waals surface area contributed by atoms with Gasteiger partial charge in [-0.2, -0.15) is 0 Å². The van der Waals surface area contributed by atoms with Crippen LogP contribution in [0.2, 0.25) is 0 Å². The zero-order chi connectivity index (χ0) is 21.3. The van der Waals surface area contributed by atoms with Crippen LogP contribution in [0, 0.1) is 0 Å². The number of hydrogen-bond donors (Lipinski definition) is 2. The minimum Gasteiger partial charge on any atom is -0.494 e. The largest absolute Gasteiger partial charge is 0.494 e. The average Bonchev–Trinajstić information content (AvgIpc) is 3.35. The van der Waals surface area contributed by atoms with E-state index in [0.29, 0.717) is 16.5 Å². The van der Waals surface area contributed by atoms with Gasteiger partial charge < -0.3 is 15.0 Å². The van der Waals surface area contributed by atoms with Crippen LogP contribution in [0.1, 0.15) is 22.7 Å². The van der Waals surface area contributed by atoms with Crippen LogP contribution in [0.4, 0.5) is 11.4 Å². The van der Waals surface area contributed by atoms with Crippen LogP contribution in [0.25, 0.3) is 0 Å². The SMILES string of the molecule is COc1cc(N2C(=S)N[C@@H](c3ccccn3)[C@H]2c2cccs2)ccc1NS(C)(=O)=O. The van der Waals surface area contributed by atoms with Gasteiger partial charge in [0.15, 0.2) is 5.11 Å². The molecule has 0 amide bonds. The van der Waals surface area contributed by atoms with Crippen molar-refractivity contribution >= 4 is 50.1 Å². The minimum absolute atomic E-state index is 0.106. The molecule has 4 rings (SSSR count). The second kappa shape index (κ2) is 8.21. The fourth-order valence-electron chi connectivity index (χ4n) is 3.50. The normalized spacial score (nSPS) is 18.9. The van der Waals surface area contributed by atoms with Crippen LogP contribution in [-0.2, 0) is 10.0 Å². The molecule has 0 spiro atoms. The van der Waals surface area contributed by atoms with Gasteiger partial charge in [0.05, 0.1) is 36.8 Å². The quantitative estimate of drug-likeness (QED) is 0.543. The van der Waals surface area contributed by atoms with E-state index in [-0.39, 0.29) is 12.1 Å². The van der Waals surface area contributed by atoms with E-state index in [1.807, 2.05) is 40.6 Å². The summed E-state index contributed by atoms with van der Waals surface area (Å²) in [5, 5.41) is 5.99. The molecule has 156 valence electrons. The van der Waals surface area contributed by atoms with Crippen LogP contribution >= 0.6 is 23.6 Å². The van der Waals surface area contributed by atoms with E-state index in [1.54, 1.807) is 29.7 Å². The second-order valence-electron chi connectivity index (χ2n) is 6.77. The third kappa shape index (κ3) is 4.11. The van der Waals surface area contributed by atoms with Crippen LogP contribution in [-0.4, -0.2) is 31.9 Å². The molecular weight excluding hydrogens is 440 g/mol. The standard InChI is InChI=1S/C20H20N4O3S3/c1-27-16-12-13(8-9-14(16)23-30(2,25)26)24-19(17-7-5-11-29-17)18(22-20(24)28)15-6-3-4-10-21-15/h3-12,18-19,23H,1-2H3,(H,22,28)/t18-,19+/m0/s1.